The maximum absolute atomic E-state index is 10.9. The number of hydrogen-bond acceptors (Lipinski definition) is 3. The predicted molar refractivity (Wildman–Crippen MR) is 70.6 cm³/mol. The Morgan fingerprint density at radius 1 is 1.11 bits per heavy atom. The van der Waals surface area contributed by atoms with Gasteiger partial charge in [-0.2, -0.15) is 5.10 Å². The largest absolute Gasteiger partial charge is 0.478 e. The van der Waals surface area contributed by atoms with Crippen LogP contribution in [-0.2, 0) is 0 Å². The second-order valence-corrected chi connectivity index (χ2v) is 3.79. The molecule has 0 fully saturated rings. The fourth-order valence-electron chi connectivity index (χ4n) is 1.72. The molecule has 90 valence electrons. The van der Waals surface area contributed by atoms with Gasteiger partial charge in [0.25, 0.3) is 0 Å². The standard InChI is InChI=1S/C14H12N2O2/c15-16-9-10-3-1-4-11(7-10)12-5-2-6-13(8-12)14(17)18/h1-9H,15H2,(H,17,18). The number of carboxylic acid groups (broad SMARTS) is 1. The Morgan fingerprint density at radius 2 is 1.78 bits per heavy atom. The fourth-order valence-corrected chi connectivity index (χ4v) is 1.72. The molecule has 0 unspecified atom stereocenters. The van der Waals surface area contributed by atoms with Crippen LogP contribution in [0.5, 0.6) is 0 Å². The van der Waals surface area contributed by atoms with Gasteiger partial charge in [-0.05, 0) is 34.9 Å². The Morgan fingerprint density at radius 3 is 2.44 bits per heavy atom. The fraction of sp³-hybridized carbons (Fsp3) is 0. The van der Waals surface area contributed by atoms with E-state index in [0.717, 1.165) is 16.7 Å². The van der Waals surface area contributed by atoms with E-state index in [1.807, 2.05) is 30.3 Å². The van der Waals surface area contributed by atoms with E-state index in [9.17, 15) is 4.79 Å². The van der Waals surface area contributed by atoms with Crippen molar-refractivity contribution in [3.05, 3.63) is 59.7 Å². The first-order valence-electron chi connectivity index (χ1n) is 5.38. The van der Waals surface area contributed by atoms with E-state index in [1.54, 1.807) is 24.4 Å². The molecule has 0 aliphatic carbocycles. The summed E-state index contributed by atoms with van der Waals surface area (Å²) < 4.78 is 0. The third kappa shape index (κ3) is 2.55. The van der Waals surface area contributed by atoms with Gasteiger partial charge >= 0.3 is 5.97 Å². The average molecular weight is 240 g/mol. The van der Waals surface area contributed by atoms with Crippen LogP contribution in [0.3, 0.4) is 0 Å². The van der Waals surface area contributed by atoms with E-state index in [4.69, 9.17) is 10.9 Å². The van der Waals surface area contributed by atoms with Gasteiger partial charge in [0.1, 0.15) is 0 Å². The first kappa shape index (κ1) is 11.9. The number of benzene rings is 2. The summed E-state index contributed by atoms with van der Waals surface area (Å²) in [5, 5.41) is 12.4. The van der Waals surface area contributed by atoms with Crippen molar-refractivity contribution < 1.29 is 9.90 Å². The van der Waals surface area contributed by atoms with Crippen LogP contribution < -0.4 is 5.84 Å². The van der Waals surface area contributed by atoms with Crippen LogP contribution in [0.4, 0.5) is 0 Å². The molecule has 4 nitrogen and oxygen atoms in total. The van der Waals surface area contributed by atoms with Gasteiger partial charge in [-0.15, -0.1) is 0 Å². The van der Waals surface area contributed by atoms with Crippen LogP contribution in [0, 0.1) is 0 Å². The van der Waals surface area contributed by atoms with Crippen molar-refractivity contribution in [1.29, 1.82) is 0 Å². The third-order valence-corrected chi connectivity index (χ3v) is 2.55. The lowest BCUT2D eigenvalue weighted by Gasteiger charge is -2.04. The van der Waals surface area contributed by atoms with Crippen LogP contribution in [0.2, 0.25) is 0 Å². The van der Waals surface area contributed by atoms with Crippen LogP contribution >= 0.6 is 0 Å². The van der Waals surface area contributed by atoms with Crippen molar-refractivity contribution in [3.8, 4) is 11.1 Å². The summed E-state index contributed by atoms with van der Waals surface area (Å²) in [4.78, 5) is 10.9. The molecule has 0 bridgehead atoms. The number of carboxylic acids is 1. The molecule has 0 aliphatic heterocycles. The minimum atomic E-state index is -0.934. The van der Waals surface area contributed by atoms with Crippen molar-refractivity contribution in [3.63, 3.8) is 0 Å². The Hall–Kier alpha value is -2.62. The van der Waals surface area contributed by atoms with Gasteiger partial charge < -0.3 is 10.9 Å². The molecule has 0 heterocycles. The smallest absolute Gasteiger partial charge is 0.335 e. The molecule has 2 rings (SSSR count). The minimum Gasteiger partial charge on any atom is -0.478 e. The molecule has 0 saturated carbocycles. The summed E-state index contributed by atoms with van der Waals surface area (Å²) >= 11 is 0. The van der Waals surface area contributed by atoms with E-state index in [1.165, 1.54) is 0 Å². The molecule has 3 N–H and O–H groups in total. The lowest BCUT2D eigenvalue weighted by atomic mass is 10.0. The second kappa shape index (κ2) is 5.14. The van der Waals surface area contributed by atoms with Gasteiger partial charge in [-0.1, -0.05) is 30.3 Å². The molecular formula is C14H12N2O2. The van der Waals surface area contributed by atoms with E-state index in [0.29, 0.717) is 0 Å². The molecule has 0 aliphatic rings. The zero-order valence-corrected chi connectivity index (χ0v) is 9.58. The Labute approximate surface area is 104 Å². The Kier molecular flexibility index (Phi) is 3.38. The lowest BCUT2D eigenvalue weighted by Crippen LogP contribution is -1.95. The molecule has 0 atom stereocenters. The third-order valence-electron chi connectivity index (χ3n) is 2.55. The van der Waals surface area contributed by atoms with Gasteiger partial charge in [0.05, 0.1) is 11.8 Å². The maximum atomic E-state index is 10.9. The molecule has 18 heavy (non-hydrogen) atoms. The zero-order chi connectivity index (χ0) is 13.0. The van der Waals surface area contributed by atoms with Gasteiger partial charge in [0, 0.05) is 0 Å². The topological polar surface area (TPSA) is 75.7 Å². The number of hydrazone groups is 1. The molecule has 2 aromatic rings. The predicted octanol–water partition coefficient (Wildman–Crippen LogP) is 2.34. The molecular weight excluding hydrogens is 228 g/mol. The molecule has 0 radical (unpaired) electrons. The first-order valence-corrected chi connectivity index (χ1v) is 5.38. The van der Waals surface area contributed by atoms with Crippen molar-refractivity contribution >= 4 is 12.2 Å². The highest BCUT2D eigenvalue weighted by molar-refractivity contribution is 5.90. The quantitative estimate of drug-likeness (QED) is 0.491. The lowest BCUT2D eigenvalue weighted by molar-refractivity contribution is 0.0697. The molecule has 0 aromatic heterocycles. The van der Waals surface area contributed by atoms with Gasteiger partial charge in [0.15, 0.2) is 0 Å². The van der Waals surface area contributed by atoms with Crippen molar-refractivity contribution in [2.45, 2.75) is 0 Å². The van der Waals surface area contributed by atoms with E-state index < -0.39 is 5.97 Å². The van der Waals surface area contributed by atoms with Crippen LogP contribution in [0.15, 0.2) is 53.6 Å². The van der Waals surface area contributed by atoms with Crippen LogP contribution in [0.1, 0.15) is 15.9 Å². The zero-order valence-electron chi connectivity index (χ0n) is 9.58. The number of nitrogens with zero attached hydrogens (tertiary/aromatic N) is 1. The van der Waals surface area contributed by atoms with Crippen molar-refractivity contribution in [2.24, 2.45) is 10.9 Å². The monoisotopic (exact) mass is 240 g/mol. The number of hydrogen-bond donors (Lipinski definition) is 2. The van der Waals surface area contributed by atoms with Gasteiger partial charge in [-0.25, -0.2) is 4.79 Å². The molecule has 0 spiro atoms. The number of nitrogens with two attached hydrogens (primary N) is 1. The maximum Gasteiger partial charge on any atom is 0.335 e. The summed E-state index contributed by atoms with van der Waals surface area (Å²) in [6.07, 6.45) is 1.55. The SMILES string of the molecule is NN=Cc1cccc(-c2cccc(C(=O)O)c2)c1. The highest BCUT2D eigenvalue weighted by Crippen LogP contribution is 2.21. The molecule has 2 aromatic carbocycles. The Balaban J connectivity index is 2.45. The second-order valence-electron chi connectivity index (χ2n) is 3.79. The minimum absolute atomic E-state index is 0.269. The number of carbonyl (C=O) groups is 1. The number of aromatic carboxylic acids is 1. The van der Waals surface area contributed by atoms with E-state index in [-0.39, 0.29) is 5.56 Å². The summed E-state index contributed by atoms with van der Waals surface area (Å²) in [6.45, 7) is 0. The number of rotatable bonds is 3. The first-order chi connectivity index (χ1) is 8.70. The summed E-state index contributed by atoms with van der Waals surface area (Å²) in [7, 11) is 0. The average Bonchev–Trinajstić information content (AvgIpc) is 2.39. The van der Waals surface area contributed by atoms with E-state index in [2.05, 4.69) is 5.10 Å². The van der Waals surface area contributed by atoms with Crippen molar-refractivity contribution in [2.75, 3.05) is 0 Å². The molecule has 0 saturated heterocycles. The van der Waals surface area contributed by atoms with Crippen molar-refractivity contribution in [1.82, 2.24) is 0 Å². The van der Waals surface area contributed by atoms with Gasteiger partial charge in [-0.3, -0.25) is 0 Å². The van der Waals surface area contributed by atoms with Crippen LogP contribution in [0.25, 0.3) is 11.1 Å². The molecule has 0 amide bonds. The Bertz CT molecular complexity index is 606. The summed E-state index contributed by atoms with van der Waals surface area (Å²) in [6, 6.07) is 14.4. The van der Waals surface area contributed by atoms with Gasteiger partial charge in [0.2, 0.25) is 0 Å². The summed E-state index contributed by atoms with van der Waals surface area (Å²) in [5.41, 5.74) is 2.92. The van der Waals surface area contributed by atoms with Crippen LogP contribution in [-0.4, -0.2) is 17.3 Å². The molecule has 4 heteroatoms. The normalized spacial score (nSPS) is 10.7. The summed E-state index contributed by atoms with van der Waals surface area (Å²) in [5.74, 6) is 4.17. The highest BCUT2D eigenvalue weighted by Gasteiger charge is 2.04. The highest BCUT2D eigenvalue weighted by atomic mass is 16.4. The van der Waals surface area contributed by atoms with E-state index >= 15 is 0 Å².